The number of aliphatic carboxylic acids is 1. The third-order valence-corrected chi connectivity index (χ3v) is 13.0. The highest BCUT2D eigenvalue weighted by Crippen LogP contribution is 2.68. The summed E-state index contributed by atoms with van der Waals surface area (Å²) in [6, 6.07) is 6.84. The van der Waals surface area contributed by atoms with Gasteiger partial charge in [-0.25, -0.2) is 4.79 Å². The SMILES string of the molecule is C[C@H](CCC(=O)N[C@@H](Cc1c[nH]c2ccccc12)C(=O)O)[C@H]1CC[C@H]2[C@@H]3[C@@H](O)C[C@@H]4C[C@H](O)CC[C@]4(C)[C@H]3CC[C@]12C. The molecule has 0 spiro atoms. The molecule has 0 aliphatic heterocycles. The van der Waals surface area contributed by atoms with Gasteiger partial charge in [-0.1, -0.05) is 39.0 Å². The van der Waals surface area contributed by atoms with Crippen molar-refractivity contribution in [3.8, 4) is 0 Å². The minimum absolute atomic E-state index is 0.161. The molecular formula is C35H50N2O5. The van der Waals surface area contributed by atoms with Crippen LogP contribution in [0.1, 0.15) is 90.5 Å². The normalized spacial score (nSPS) is 39.1. The smallest absolute Gasteiger partial charge is 0.326 e. The van der Waals surface area contributed by atoms with Crippen molar-refractivity contribution in [1.82, 2.24) is 10.3 Å². The molecule has 0 radical (unpaired) electrons. The molecule has 2 aromatic rings. The fourth-order valence-electron chi connectivity index (χ4n) is 10.7. The van der Waals surface area contributed by atoms with Crippen LogP contribution in [-0.2, 0) is 16.0 Å². The molecule has 6 rings (SSSR count). The summed E-state index contributed by atoms with van der Waals surface area (Å²) in [5.74, 6) is 1.43. The van der Waals surface area contributed by atoms with Gasteiger partial charge in [0.15, 0.2) is 0 Å². The van der Waals surface area contributed by atoms with E-state index in [-0.39, 0.29) is 35.4 Å². The Morgan fingerprint density at radius 1 is 1.02 bits per heavy atom. The first-order chi connectivity index (χ1) is 20.0. The third kappa shape index (κ3) is 5.08. The number of carbonyl (C=O) groups excluding carboxylic acids is 1. The maximum atomic E-state index is 13.0. The van der Waals surface area contributed by atoms with Crippen LogP contribution in [0.15, 0.2) is 30.5 Å². The number of aliphatic hydroxyl groups excluding tert-OH is 2. The van der Waals surface area contributed by atoms with E-state index in [1.54, 1.807) is 0 Å². The van der Waals surface area contributed by atoms with Gasteiger partial charge in [0.25, 0.3) is 0 Å². The van der Waals surface area contributed by atoms with Crippen LogP contribution >= 0.6 is 0 Å². The summed E-state index contributed by atoms with van der Waals surface area (Å²) in [4.78, 5) is 28.3. The van der Waals surface area contributed by atoms with Crippen LogP contribution in [0.25, 0.3) is 10.9 Å². The predicted octanol–water partition coefficient (Wildman–Crippen LogP) is 5.69. The molecule has 7 nitrogen and oxygen atoms in total. The molecule has 1 aromatic heterocycles. The maximum absolute atomic E-state index is 13.0. The fourth-order valence-corrected chi connectivity index (χ4v) is 10.7. The van der Waals surface area contributed by atoms with E-state index in [1.165, 1.54) is 6.42 Å². The lowest BCUT2D eigenvalue weighted by molar-refractivity contribution is -0.174. The quantitative estimate of drug-likeness (QED) is 0.276. The number of hydrogen-bond donors (Lipinski definition) is 5. The van der Waals surface area contributed by atoms with Crippen LogP contribution in [0.5, 0.6) is 0 Å². The summed E-state index contributed by atoms with van der Waals surface area (Å²) in [5, 5.41) is 35.5. The van der Waals surface area contributed by atoms with Crippen LogP contribution < -0.4 is 5.32 Å². The number of nitrogens with one attached hydrogen (secondary N) is 2. The number of para-hydroxylation sites is 1. The van der Waals surface area contributed by atoms with Gasteiger partial charge in [-0.3, -0.25) is 4.79 Å². The van der Waals surface area contributed by atoms with E-state index in [2.05, 4.69) is 31.1 Å². The van der Waals surface area contributed by atoms with Crippen LogP contribution in [0.4, 0.5) is 0 Å². The van der Waals surface area contributed by atoms with Gasteiger partial charge in [0, 0.05) is 29.9 Å². The van der Waals surface area contributed by atoms with Crippen molar-refractivity contribution >= 4 is 22.8 Å². The molecule has 4 aliphatic rings. The molecule has 1 aromatic carbocycles. The first-order valence-electron chi connectivity index (χ1n) is 16.4. The predicted molar refractivity (Wildman–Crippen MR) is 163 cm³/mol. The lowest BCUT2D eigenvalue weighted by Crippen LogP contribution is -2.58. The number of aromatic amines is 1. The lowest BCUT2D eigenvalue weighted by atomic mass is 9.43. The monoisotopic (exact) mass is 578 g/mol. The van der Waals surface area contributed by atoms with Crippen molar-refractivity contribution in [2.45, 2.75) is 110 Å². The standard InChI is InChI=1S/C35H50N2O5/c1-20(8-11-31(40)37-29(33(41)42)16-21-19-36-28-7-5-4-6-24(21)28)25-9-10-26-32-27(13-15-35(25,26)3)34(2)14-12-23(38)17-22(34)18-30(32)39/h4-7,19-20,22-23,25-27,29-30,32,36,38-39H,8-18H2,1-3H3,(H,37,40)(H,41,42)/t20-,22+,23-,25-,26+,27+,29+,30+,32+,34+,35-/m1/s1. The van der Waals surface area contributed by atoms with Gasteiger partial charge >= 0.3 is 5.97 Å². The Morgan fingerprint density at radius 3 is 2.55 bits per heavy atom. The largest absolute Gasteiger partial charge is 0.480 e. The first-order valence-corrected chi connectivity index (χ1v) is 16.4. The number of benzene rings is 1. The summed E-state index contributed by atoms with van der Waals surface area (Å²) in [6.07, 6.45) is 10.9. The Hall–Kier alpha value is -2.38. The molecule has 0 saturated heterocycles. The van der Waals surface area contributed by atoms with Gasteiger partial charge in [-0.05, 0) is 116 Å². The molecule has 4 fully saturated rings. The highest BCUT2D eigenvalue weighted by molar-refractivity contribution is 5.86. The molecule has 0 bridgehead atoms. The van der Waals surface area contributed by atoms with Crippen molar-refractivity contribution in [1.29, 1.82) is 0 Å². The number of aromatic nitrogens is 1. The van der Waals surface area contributed by atoms with Crippen LogP contribution in [0.2, 0.25) is 0 Å². The molecule has 1 amide bonds. The highest BCUT2D eigenvalue weighted by Gasteiger charge is 2.62. The van der Waals surface area contributed by atoms with E-state index in [1.807, 2.05) is 30.5 Å². The zero-order valence-electron chi connectivity index (χ0n) is 25.5. The average molecular weight is 579 g/mol. The number of H-pyrrole nitrogens is 1. The number of fused-ring (bicyclic) bond motifs is 6. The van der Waals surface area contributed by atoms with Gasteiger partial charge in [0.05, 0.1) is 12.2 Å². The van der Waals surface area contributed by atoms with Crippen molar-refractivity contribution in [2.24, 2.45) is 46.3 Å². The van der Waals surface area contributed by atoms with Gasteiger partial charge in [-0.2, -0.15) is 0 Å². The average Bonchev–Trinajstić information content (AvgIpc) is 3.53. The summed E-state index contributed by atoms with van der Waals surface area (Å²) in [5.41, 5.74) is 2.23. The Balaban J connectivity index is 1.08. The molecule has 42 heavy (non-hydrogen) atoms. The summed E-state index contributed by atoms with van der Waals surface area (Å²) in [7, 11) is 0. The second kappa shape index (κ2) is 11.3. The minimum atomic E-state index is -1.01. The molecule has 1 heterocycles. The fraction of sp³-hybridized carbons (Fsp3) is 0.714. The van der Waals surface area contributed by atoms with Gasteiger partial charge in [0.1, 0.15) is 6.04 Å². The zero-order valence-corrected chi connectivity index (χ0v) is 25.5. The maximum Gasteiger partial charge on any atom is 0.326 e. The molecule has 230 valence electrons. The Labute approximate surface area is 249 Å². The van der Waals surface area contributed by atoms with Gasteiger partial charge in [-0.15, -0.1) is 0 Å². The van der Waals surface area contributed by atoms with Crippen molar-refractivity contribution in [3.05, 3.63) is 36.0 Å². The van der Waals surface area contributed by atoms with E-state index in [0.717, 1.165) is 67.8 Å². The molecule has 4 saturated carbocycles. The number of carboxylic acids is 1. The van der Waals surface area contributed by atoms with E-state index in [4.69, 9.17) is 0 Å². The second-order valence-electron chi connectivity index (χ2n) is 15.0. The Bertz CT molecular complexity index is 1310. The topological polar surface area (TPSA) is 123 Å². The molecule has 7 heteroatoms. The minimum Gasteiger partial charge on any atom is -0.480 e. The van der Waals surface area contributed by atoms with Gasteiger partial charge < -0.3 is 25.6 Å². The van der Waals surface area contributed by atoms with Crippen LogP contribution in [-0.4, -0.2) is 50.4 Å². The summed E-state index contributed by atoms with van der Waals surface area (Å²) >= 11 is 0. The Kier molecular flexibility index (Phi) is 7.97. The molecule has 5 N–H and O–H groups in total. The number of hydrogen-bond acceptors (Lipinski definition) is 4. The number of carboxylic acid groups (broad SMARTS) is 1. The number of carbonyl (C=O) groups is 2. The van der Waals surface area contributed by atoms with E-state index in [9.17, 15) is 24.9 Å². The number of aliphatic hydroxyl groups is 2. The number of amides is 1. The summed E-state index contributed by atoms with van der Waals surface area (Å²) in [6.45, 7) is 7.18. The summed E-state index contributed by atoms with van der Waals surface area (Å²) < 4.78 is 0. The van der Waals surface area contributed by atoms with Gasteiger partial charge in [0.2, 0.25) is 5.91 Å². The first kappa shape index (κ1) is 29.7. The zero-order chi connectivity index (χ0) is 29.8. The van der Waals surface area contributed by atoms with Crippen LogP contribution in [0.3, 0.4) is 0 Å². The van der Waals surface area contributed by atoms with Crippen molar-refractivity contribution in [2.75, 3.05) is 0 Å². The number of rotatable bonds is 8. The second-order valence-corrected chi connectivity index (χ2v) is 15.0. The van der Waals surface area contributed by atoms with E-state index < -0.39 is 12.0 Å². The lowest BCUT2D eigenvalue weighted by Gasteiger charge is -2.62. The highest BCUT2D eigenvalue weighted by atomic mass is 16.4. The molecule has 11 atom stereocenters. The van der Waals surface area contributed by atoms with Crippen LogP contribution in [0, 0.1) is 46.3 Å². The molecule has 0 unspecified atom stereocenters. The van der Waals surface area contributed by atoms with Crippen molar-refractivity contribution in [3.63, 3.8) is 0 Å². The third-order valence-electron chi connectivity index (χ3n) is 13.0. The molecule has 4 aliphatic carbocycles. The molecular weight excluding hydrogens is 528 g/mol. The van der Waals surface area contributed by atoms with Crippen molar-refractivity contribution < 1.29 is 24.9 Å². The Morgan fingerprint density at radius 2 is 1.76 bits per heavy atom. The van der Waals surface area contributed by atoms with E-state index in [0.29, 0.717) is 41.9 Å². The van der Waals surface area contributed by atoms with E-state index >= 15 is 0 Å².